The summed E-state index contributed by atoms with van der Waals surface area (Å²) in [6, 6.07) is 18.9. The van der Waals surface area contributed by atoms with Crippen LogP contribution < -0.4 is 0 Å². The molecule has 0 aliphatic carbocycles. The first-order valence-electron chi connectivity index (χ1n) is 7.59. The maximum absolute atomic E-state index is 12.5. The van der Waals surface area contributed by atoms with Crippen LogP contribution in [-0.2, 0) is 14.3 Å². The molecule has 0 saturated heterocycles. The van der Waals surface area contributed by atoms with E-state index < -0.39 is 22.0 Å². The highest BCUT2D eigenvalue weighted by molar-refractivity contribution is 9.10. The first-order valence-corrected chi connectivity index (χ1v) is 9.79. The second-order valence-electron chi connectivity index (χ2n) is 5.57. The largest absolute Gasteiger partial charge is 0.297 e. The molecule has 3 rings (SSSR count). The van der Waals surface area contributed by atoms with Crippen LogP contribution >= 0.6 is 15.9 Å². The SMILES string of the molecule is C[C@@H](OS(=O)(=O)c1ccc2ccccc2c1)C(=O)c1ccc(Br)cc1. The summed E-state index contributed by atoms with van der Waals surface area (Å²) in [4.78, 5) is 12.4. The lowest BCUT2D eigenvalue weighted by molar-refractivity contribution is 0.0826. The summed E-state index contributed by atoms with van der Waals surface area (Å²) in [5.41, 5.74) is 0.393. The van der Waals surface area contributed by atoms with Crippen LogP contribution in [0, 0.1) is 0 Å². The van der Waals surface area contributed by atoms with E-state index in [1.54, 1.807) is 36.4 Å². The summed E-state index contributed by atoms with van der Waals surface area (Å²) >= 11 is 3.29. The van der Waals surface area contributed by atoms with E-state index in [9.17, 15) is 13.2 Å². The quantitative estimate of drug-likeness (QED) is 0.449. The highest BCUT2D eigenvalue weighted by Crippen LogP contribution is 2.22. The van der Waals surface area contributed by atoms with Gasteiger partial charge >= 0.3 is 0 Å². The van der Waals surface area contributed by atoms with E-state index >= 15 is 0 Å². The van der Waals surface area contributed by atoms with Crippen molar-refractivity contribution >= 4 is 42.6 Å². The fourth-order valence-electron chi connectivity index (χ4n) is 2.46. The molecule has 0 bridgehead atoms. The third kappa shape index (κ3) is 3.98. The molecule has 0 spiro atoms. The van der Waals surface area contributed by atoms with E-state index in [0.29, 0.717) is 5.56 Å². The van der Waals surface area contributed by atoms with Gasteiger partial charge in [-0.1, -0.05) is 58.4 Å². The number of Topliss-reactive ketones (excluding diaryl/α,β-unsaturated/α-hetero) is 1. The molecule has 0 aliphatic rings. The topological polar surface area (TPSA) is 60.4 Å². The first kappa shape index (κ1) is 17.8. The Morgan fingerprint density at radius 2 is 1.60 bits per heavy atom. The number of ketones is 1. The van der Waals surface area contributed by atoms with Gasteiger partial charge in [-0.25, -0.2) is 0 Å². The Morgan fingerprint density at radius 1 is 0.960 bits per heavy atom. The fraction of sp³-hybridized carbons (Fsp3) is 0.105. The maximum Gasteiger partial charge on any atom is 0.297 e. The lowest BCUT2D eigenvalue weighted by Crippen LogP contribution is -2.24. The maximum atomic E-state index is 12.5. The van der Waals surface area contributed by atoms with E-state index in [1.807, 2.05) is 24.3 Å². The summed E-state index contributed by atoms with van der Waals surface area (Å²) in [7, 11) is -4.04. The molecule has 25 heavy (non-hydrogen) atoms. The summed E-state index contributed by atoms with van der Waals surface area (Å²) in [5, 5.41) is 1.72. The van der Waals surface area contributed by atoms with Gasteiger partial charge in [0.05, 0.1) is 4.90 Å². The normalized spacial score (nSPS) is 12.9. The Bertz CT molecular complexity index is 1030. The van der Waals surface area contributed by atoms with Crippen LogP contribution in [0.5, 0.6) is 0 Å². The molecular formula is C19H15BrO4S. The van der Waals surface area contributed by atoms with E-state index in [4.69, 9.17) is 4.18 Å². The van der Waals surface area contributed by atoms with E-state index in [0.717, 1.165) is 15.2 Å². The summed E-state index contributed by atoms with van der Waals surface area (Å²) in [6.07, 6.45) is -1.11. The summed E-state index contributed by atoms with van der Waals surface area (Å²) in [5.74, 6) is -0.392. The van der Waals surface area contributed by atoms with Crippen LogP contribution in [0.1, 0.15) is 17.3 Å². The molecule has 128 valence electrons. The van der Waals surface area contributed by atoms with Crippen molar-refractivity contribution in [2.45, 2.75) is 17.9 Å². The van der Waals surface area contributed by atoms with Crippen molar-refractivity contribution in [3.05, 3.63) is 76.8 Å². The zero-order chi connectivity index (χ0) is 18.0. The number of benzene rings is 3. The molecule has 3 aromatic rings. The smallest absolute Gasteiger partial charge is 0.291 e. The molecule has 0 heterocycles. The van der Waals surface area contributed by atoms with Crippen molar-refractivity contribution in [3.8, 4) is 0 Å². The second kappa shape index (κ2) is 7.07. The monoisotopic (exact) mass is 418 g/mol. The van der Waals surface area contributed by atoms with Gasteiger partial charge in [0.15, 0.2) is 5.78 Å². The highest BCUT2D eigenvalue weighted by Gasteiger charge is 2.25. The molecule has 0 aromatic heterocycles. The minimum Gasteiger partial charge on any atom is -0.291 e. The fourth-order valence-corrected chi connectivity index (χ4v) is 3.81. The Morgan fingerprint density at radius 3 is 2.28 bits per heavy atom. The van der Waals surface area contributed by atoms with Gasteiger partial charge in [-0.15, -0.1) is 0 Å². The van der Waals surface area contributed by atoms with Gasteiger partial charge in [0.2, 0.25) is 0 Å². The molecule has 0 saturated carbocycles. The molecule has 0 unspecified atom stereocenters. The Balaban J connectivity index is 1.84. The zero-order valence-electron chi connectivity index (χ0n) is 13.3. The number of hydrogen-bond donors (Lipinski definition) is 0. The molecule has 6 heteroatoms. The van der Waals surface area contributed by atoms with Crippen LogP contribution in [0.3, 0.4) is 0 Å². The molecule has 4 nitrogen and oxygen atoms in total. The van der Waals surface area contributed by atoms with Crippen molar-refractivity contribution in [1.29, 1.82) is 0 Å². The molecule has 0 fully saturated rings. The van der Waals surface area contributed by atoms with Crippen LogP contribution in [0.4, 0.5) is 0 Å². The first-order chi connectivity index (χ1) is 11.9. The van der Waals surface area contributed by atoms with Crippen molar-refractivity contribution in [2.75, 3.05) is 0 Å². The van der Waals surface area contributed by atoms with Gasteiger partial charge in [-0.2, -0.15) is 8.42 Å². The number of rotatable bonds is 5. The van der Waals surface area contributed by atoms with E-state index in [-0.39, 0.29) is 4.90 Å². The third-order valence-corrected chi connectivity index (χ3v) is 5.68. The van der Waals surface area contributed by atoms with Crippen molar-refractivity contribution in [1.82, 2.24) is 0 Å². The van der Waals surface area contributed by atoms with Gasteiger partial charge in [0.25, 0.3) is 10.1 Å². The van der Waals surface area contributed by atoms with Gasteiger partial charge < -0.3 is 0 Å². The number of fused-ring (bicyclic) bond motifs is 1. The Kier molecular flexibility index (Phi) is 5.03. The van der Waals surface area contributed by atoms with Gasteiger partial charge in [0.1, 0.15) is 6.10 Å². The van der Waals surface area contributed by atoms with Crippen LogP contribution in [0.2, 0.25) is 0 Å². The minimum absolute atomic E-state index is 0.0293. The lowest BCUT2D eigenvalue weighted by Gasteiger charge is -2.13. The van der Waals surface area contributed by atoms with Gasteiger partial charge in [0, 0.05) is 10.0 Å². The van der Waals surface area contributed by atoms with E-state index in [2.05, 4.69) is 15.9 Å². The number of hydrogen-bond acceptors (Lipinski definition) is 4. The molecule has 0 aliphatic heterocycles. The predicted octanol–water partition coefficient (Wildman–Crippen LogP) is 4.58. The third-order valence-electron chi connectivity index (χ3n) is 3.78. The molecule has 0 radical (unpaired) electrons. The predicted molar refractivity (Wildman–Crippen MR) is 100 cm³/mol. The molecule has 0 N–H and O–H groups in total. The Labute approximate surface area is 154 Å². The van der Waals surface area contributed by atoms with Crippen LogP contribution in [0.25, 0.3) is 10.8 Å². The molecule has 0 amide bonds. The van der Waals surface area contributed by atoms with E-state index in [1.165, 1.54) is 13.0 Å². The summed E-state index contributed by atoms with van der Waals surface area (Å²) < 4.78 is 31.0. The van der Waals surface area contributed by atoms with Gasteiger partial charge in [-0.05, 0) is 42.0 Å². The second-order valence-corrected chi connectivity index (χ2v) is 8.06. The van der Waals surface area contributed by atoms with Crippen molar-refractivity contribution in [2.24, 2.45) is 0 Å². The highest BCUT2D eigenvalue weighted by atomic mass is 79.9. The number of carbonyl (C=O) groups excluding carboxylic acids is 1. The average molecular weight is 419 g/mol. The van der Waals surface area contributed by atoms with Gasteiger partial charge in [-0.3, -0.25) is 8.98 Å². The average Bonchev–Trinajstić information content (AvgIpc) is 2.61. The van der Waals surface area contributed by atoms with Crippen molar-refractivity contribution < 1.29 is 17.4 Å². The molecule has 1 atom stereocenters. The number of halogens is 1. The summed E-state index contributed by atoms with van der Waals surface area (Å²) in [6.45, 7) is 1.43. The molecule has 3 aromatic carbocycles. The Hall–Kier alpha value is -2.02. The van der Waals surface area contributed by atoms with Crippen LogP contribution in [0.15, 0.2) is 76.1 Å². The van der Waals surface area contributed by atoms with Crippen molar-refractivity contribution in [3.63, 3.8) is 0 Å². The standard InChI is InChI=1S/C19H15BrO4S/c1-13(19(21)15-6-9-17(20)10-7-15)24-25(22,23)18-11-8-14-4-2-3-5-16(14)12-18/h2-13H,1H3/t13-/m1/s1. The van der Waals surface area contributed by atoms with Crippen LogP contribution in [-0.4, -0.2) is 20.3 Å². The number of carbonyl (C=O) groups is 1. The molecular weight excluding hydrogens is 404 g/mol. The zero-order valence-corrected chi connectivity index (χ0v) is 15.7. The minimum atomic E-state index is -4.04. The lowest BCUT2D eigenvalue weighted by atomic mass is 10.1.